The molecule has 0 aromatic heterocycles. The van der Waals surface area contributed by atoms with Crippen LogP contribution in [0.15, 0.2) is 36.5 Å². The Kier molecular flexibility index (Phi) is 17.1. The third-order valence-electron chi connectivity index (χ3n) is 3.83. The molecular formula is C24H42O3. The molecule has 0 rings (SSSR count). The molecule has 0 saturated carbocycles. The third kappa shape index (κ3) is 22.6. The smallest absolute Gasteiger partial charge is 0.332 e. The molecule has 0 aromatic rings. The first-order chi connectivity index (χ1) is 13.0. The first kappa shape index (κ1) is 25.6. The topological polar surface area (TPSA) is 35.5 Å². The van der Waals surface area contributed by atoms with Crippen molar-refractivity contribution >= 4 is 5.97 Å². The summed E-state index contributed by atoms with van der Waals surface area (Å²) < 4.78 is 10.6. The first-order valence-corrected chi connectivity index (χ1v) is 10.7. The molecule has 0 heterocycles. The lowest BCUT2D eigenvalue weighted by atomic mass is 10.1. The SMILES string of the molecule is CC/C=C\C/C=C\C/C=C\CCCCCCCCOCC(=O)OC(C)(C)C. The lowest BCUT2D eigenvalue weighted by Gasteiger charge is -2.19. The van der Waals surface area contributed by atoms with E-state index in [1.54, 1.807) is 0 Å². The monoisotopic (exact) mass is 378 g/mol. The normalized spacial score (nSPS) is 12.6. The van der Waals surface area contributed by atoms with Crippen LogP contribution in [-0.2, 0) is 14.3 Å². The van der Waals surface area contributed by atoms with Crippen LogP contribution < -0.4 is 0 Å². The fourth-order valence-corrected chi connectivity index (χ4v) is 2.53. The number of allylic oxidation sites excluding steroid dienone is 6. The zero-order valence-corrected chi connectivity index (χ0v) is 18.2. The summed E-state index contributed by atoms with van der Waals surface area (Å²) in [5, 5.41) is 0. The van der Waals surface area contributed by atoms with Gasteiger partial charge in [0.25, 0.3) is 0 Å². The summed E-state index contributed by atoms with van der Waals surface area (Å²) >= 11 is 0. The maximum atomic E-state index is 11.5. The number of rotatable bonds is 16. The maximum Gasteiger partial charge on any atom is 0.332 e. The van der Waals surface area contributed by atoms with Gasteiger partial charge in [0.15, 0.2) is 0 Å². The van der Waals surface area contributed by atoms with Gasteiger partial charge in [-0.25, -0.2) is 4.79 Å². The quantitative estimate of drug-likeness (QED) is 0.166. The zero-order valence-electron chi connectivity index (χ0n) is 18.2. The zero-order chi connectivity index (χ0) is 20.2. The van der Waals surface area contributed by atoms with Crippen molar-refractivity contribution in [1.29, 1.82) is 0 Å². The summed E-state index contributed by atoms with van der Waals surface area (Å²) in [5.41, 5.74) is -0.432. The second kappa shape index (κ2) is 18.0. The molecule has 0 N–H and O–H groups in total. The number of hydrogen-bond acceptors (Lipinski definition) is 3. The molecule has 0 bridgehead atoms. The van der Waals surface area contributed by atoms with Gasteiger partial charge in [0.05, 0.1) is 0 Å². The highest BCUT2D eigenvalue weighted by molar-refractivity contribution is 5.71. The number of unbranched alkanes of at least 4 members (excludes halogenated alkanes) is 6. The van der Waals surface area contributed by atoms with E-state index >= 15 is 0 Å². The molecule has 0 aromatic carbocycles. The number of carbonyl (C=O) groups is 1. The van der Waals surface area contributed by atoms with Gasteiger partial charge in [0, 0.05) is 6.61 Å². The van der Waals surface area contributed by atoms with Gasteiger partial charge < -0.3 is 9.47 Å². The molecular weight excluding hydrogens is 336 g/mol. The molecule has 0 amide bonds. The summed E-state index contributed by atoms with van der Waals surface area (Å²) in [5.74, 6) is -0.278. The van der Waals surface area contributed by atoms with E-state index in [-0.39, 0.29) is 12.6 Å². The van der Waals surface area contributed by atoms with Gasteiger partial charge in [0.1, 0.15) is 12.2 Å². The fraction of sp³-hybridized carbons (Fsp3) is 0.708. The lowest BCUT2D eigenvalue weighted by Crippen LogP contribution is -2.26. The average molecular weight is 379 g/mol. The number of hydrogen-bond donors (Lipinski definition) is 0. The Labute approximate surface area is 167 Å². The van der Waals surface area contributed by atoms with Crippen molar-refractivity contribution in [2.45, 2.75) is 97.5 Å². The van der Waals surface area contributed by atoms with Crippen LogP contribution in [0.25, 0.3) is 0 Å². The van der Waals surface area contributed by atoms with Gasteiger partial charge in [-0.2, -0.15) is 0 Å². The Morgan fingerprint density at radius 3 is 1.96 bits per heavy atom. The van der Waals surface area contributed by atoms with E-state index in [4.69, 9.17) is 9.47 Å². The predicted octanol–water partition coefficient (Wildman–Crippen LogP) is 6.93. The van der Waals surface area contributed by atoms with Crippen LogP contribution in [0, 0.1) is 0 Å². The molecule has 0 radical (unpaired) electrons. The second-order valence-corrected chi connectivity index (χ2v) is 7.84. The standard InChI is InChI=1S/C24H42O3/c1-5-6-7-8-9-10-11-12-13-14-15-16-17-18-19-20-21-26-22-23(25)27-24(2,3)4/h6-7,9-10,12-13H,5,8,11,14-22H2,1-4H3/b7-6-,10-9-,13-12-. The highest BCUT2D eigenvalue weighted by Crippen LogP contribution is 2.09. The van der Waals surface area contributed by atoms with E-state index in [1.165, 1.54) is 38.5 Å². The minimum Gasteiger partial charge on any atom is -0.458 e. The highest BCUT2D eigenvalue weighted by Gasteiger charge is 2.15. The maximum absolute atomic E-state index is 11.5. The van der Waals surface area contributed by atoms with Gasteiger partial charge >= 0.3 is 5.97 Å². The Morgan fingerprint density at radius 2 is 1.33 bits per heavy atom. The fourth-order valence-electron chi connectivity index (χ4n) is 2.53. The number of esters is 1. The van der Waals surface area contributed by atoms with Crippen molar-refractivity contribution in [1.82, 2.24) is 0 Å². The summed E-state index contributed by atoms with van der Waals surface area (Å²) in [6.45, 7) is 8.46. The van der Waals surface area contributed by atoms with Crippen LogP contribution >= 0.6 is 0 Å². The molecule has 3 heteroatoms. The van der Waals surface area contributed by atoms with Gasteiger partial charge in [-0.15, -0.1) is 0 Å². The van der Waals surface area contributed by atoms with Crippen molar-refractivity contribution < 1.29 is 14.3 Å². The lowest BCUT2D eigenvalue weighted by molar-refractivity contribution is -0.160. The molecule has 27 heavy (non-hydrogen) atoms. The minimum absolute atomic E-state index is 0.0637. The molecule has 0 unspecified atom stereocenters. The summed E-state index contributed by atoms with van der Waals surface area (Å²) in [4.78, 5) is 11.5. The summed E-state index contributed by atoms with van der Waals surface area (Å²) in [6, 6.07) is 0. The summed E-state index contributed by atoms with van der Waals surface area (Å²) in [6.07, 6.45) is 25.1. The van der Waals surface area contributed by atoms with Crippen molar-refractivity contribution in [3.05, 3.63) is 36.5 Å². The first-order valence-electron chi connectivity index (χ1n) is 10.7. The Hall–Kier alpha value is -1.35. The van der Waals surface area contributed by atoms with Crippen LogP contribution in [0.4, 0.5) is 0 Å². The van der Waals surface area contributed by atoms with Crippen molar-refractivity contribution in [3.8, 4) is 0 Å². The van der Waals surface area contributed by atoms with Crippen LogP contribution in [0.5, 0.6) is 0 Å². The van der Waals surface area contributed by atoms with Crippen LogP contribution in [0.1, 0.15) is 91.9 Å². The van der Waals surface area contributed by atoms with Gasteiger partial charge in [0.2, 0.25) is 0 Å². The molecule has 0 aliphatic rings. The minimum atomic E-state index is -0.432. The van der Waals surface area contributed by atoms with Gasteiger partial charge in [-0.05, 0) is 59.3 Å². The predicted molar refractivity (Wildman–Crippen MR) is 116 cm³/mol. The van der Waals surface area contributed by atoms with Crippen LogP contribution in [0.3, 0.4) is 0 Å². The van der Waals surface area contributed by atoms with E-state index in [9.17, 15) is 4.79 Å². The van der Waals surface area contributed by atoms with Crippen molar-refractivity contribution in [2.24, 2.45) is 0 Å². The van der Waals surface area contributed by atoms with Crippen LogP contribution in [-0.4, -0.2) is 24.8 Å². The molecule has 0 spiro atoms. The Bertz CT molecular complexity index is 427. The second-order valence-electron chi connectivity index (χ2n) is 7.84. The van der Waals surface area contributed by atoms with E-state index in [1.807, 2.05) is 20.8 Å². The number of ether oxygens (including phenoxy) is 2. The molecule has 0 fully saturated rings. The molecule has 0 aliphatic carbocycles. The third-order valence-corrected chi connectivity index (χ3v) is 3.83. The molecule has 156 valence electrons. The van der Waals surface area contributed by atoms with Crippen LogP contribution in [0.2, 0.25) is 0 Å². The van der Waals surface area contributed by atoms with Gasteiger partial charge in [-0.3, -0.25) is 0 Å². The highest BCUT2D eigenvalue weighted by atomic mass is 16.6. The van der Waals surface area contributed by atoms with Crippen molar-refractivity contribution in [2.75, 3.05) is 13.2 Å². The average Bonchev–Trinajstić information content (AvgIpc) is 2.59. The summed E-state index contributed by atoms with van der Waals surface area (Å²) in [7, 11) is 0. The molecule has 0 atom stereocenters. The Balaban J connectivity index is 3.30. The molecule has 0 saturated heterocycles. The van der Waals surface area contributed by atoms with E-state index in [0.717, 1.165) is 25.7 Å². The van der Waals surface area contributed by atoms with E-state index in [2.05, 4.69) is 43.4 Å². The Morgan fingerprint density at radius 1 is 0.778 bits per heavy atom. The van der Waals surface area contributed by atoms with Crippen molar-refractivity contribution in [3.63, 3.8) is 0 Å². The van der Waals surface area contributed by atoms with E-state index < -0.39 is 5.60 Å². The largest absolute Gasteiger partial charge is 0.458 e. The molecule has 0 aliphatic heterocycles. The van der Waals surface area contributed by atoms with E-state index in [0.29, 0.717) is 6.61 Å². The number of carbonyl (C=O) groups excluding carboxylic acids is 1. The van der Waals surface area contributed by atoms with Gasteiger partial charge in [-0.1, -0.05) is 69.1 Å². The molecule has 3 nitrogen and oxygen atoms in total.